The smallest absolute Gasteiger partial charge is 0.358 e. The van der Waals surface area contributed by atoms with Crippen molar-refractivity contribution in [2.75, 3.05) is 0 Å². The van der Waals surface area contributed by atoms with Gasteiger partial charge in [-0.3, -0.25) is 0 Å². The summed E-state index contributed by atoms with van der Waals surface area (Å²) in [6.45, 7) is 24.0. The van der Waals surface area contributed by atoms with Gasteiger partial charge in [-0.1, -0.05) is 83.1 Å². The van der Waals surface area contributed by atoms with Gasteiger partial charge < -0.3 is 41.5 Å². The van der Waals surface area contributed by atoms with Gasteiger partial charge in [-0.2, -0.15) is 38.5 Å². The van der Waals surface area contributed by atoms with Gasteiger partial charge in [-0.25, -0.2) is 0 Å². The zero-order valence-corrected chi connectivity index (χ0v) is 47.0. The van der Waals surface area contributed by atoms with E-state index in [1.54, 1.807) is 0 Å². The fraction of sp³-hybridized carbons (Fsp3) is 0.778. The van der Waals surface area contributed by atoms with Gasteiger partial charge in [0.05, 0.1) is 0 Å². The van der Waals surface area contributed by atoms with E-state index in [1.165, 1.54) is 57.8 Å². The van der Waals surface area contributed by atoms with Crippen LogP contribution in [0.2, 0.25) is 0 Å². The maximum Gasteiger partial charge on any atom is 3.00 e. The zero-order valence-electron chi connectivity index (χ0n) is 27.1. The van der Waals surface area contributed by atoms with Crippen molar-refractivity contribution in [1.82, 2.24) is 0 Å². The summed E-state index contributed by atoms with van der Waals surface area (Å²) in [5, 5.41) is 0. The molecule has 0 aromatic rings. The summed E-state index contributed by atoms with van der Waals surface area (Å²) in [7, 11) is 0. The van der Waals surface area contributed by atoms with Crippen LogP contribution in [0.1, 0.15) is 141 Å². The fourth-order valence-electron chi connectivity index (χ4n) is 1.65. The monoisotopic (exact) mass is 1010 g/mol. The summed E-state index contributed by atoms with van der Waals surface area (Å²) < 4.78 is 0. The fourth-order valence-corrected chi connectivity index (χ4v) is 1.65. The Morgan fingerprint density at radius 3 is 0.471 bits per heavy atom. The minimum atomic E-state index is 0. The molecule has 0 heterocycles. The van der Waals surface area contributed by atoms with Gasteiger partial charge in [-0.05, 0) is 0 Å². The molecule has 7 heteroatoms. The van der Waals surface area contributed by atoms with E-state index in [4.69, 9.17) is 0 Å². The Hall–Kier alpha value is 7.73. The van der Waals surface area contributed by atoms with Crippen LogP contribution < -0.4 is 0 Å². The Balaban J connectivity index is -0.00000000942. The minimum Gasteiger partial charge on any atom is -0.358 e. The summed E-state index contributed by atoms with van der Waals surface area (Å²) in [4.78, 5) is 0. The van der Waals surface area contributed by atoms with Gasteiger partial charge in [0, 0.05) is 196 Å². The van der Waals surface area contributed by atoms with Crippen molar-refractivity contribution in [3.8, 4) is 0 Å². The summed E-state index contributed by atoms with van der Waals surface area (Å²) in [6.07, 6.45) is 19.5. The Kier molecular flexibility index (Phi) is 508. The van der Waals surface area contributed by atoms with Gasteiger partial charge in [-0.15, -0.1) is 19.3 Å². The third kappa shape index (κ3) is 153. The summed E-state index contributed by atoms with van der Waals surface area (Å²) >= 11 is 0. The molecule has 198 valence electrons. The van der Waals surface area contributed by atoms with Crippen molar-refractivity contribution in [3.05, 3.63) is 41.5 Å². The molecule has 1 saturated carbocycles. The van der Waals surface area contributed by atoms with Crippen molar-refractivity contribution in [1.29, 1.82) is 0 Å². The first-order valence-corrected chi connectivity index (χ1v) is 11.4. The average molecular weight is 1010 g/mol. The van der Waals surface area contributed by atoms with Crippen LogP contribution in [0.4, 0.5) is 0 Å². The van der Waals surface area contributed by atoms with Crippen LogP contribution in [0, 0.1) is 41.5 Å². The van der Waals surface area contributed by atoms with Crippen LogP contribution >= 0.6 is 0 Å². The van der Waals surface area contributed by atoms with E-state index in [1.807, 2.05) is 83.1 Å². The van der Waals surface area contributed by atoms with Crippen molar-refractivity contribution in [2.24, 2.45) is 0 Å². The largest absolute Gasteiger partial charge is 3.00 e. The molecule has 34 heavy (non-hydrogen) atoms. The van der Waals surface area contributed by atoms with Crippen molar-refractivity contribution in [2.45, 2.75) is 141 Å². The molecule has 0 nitrogen and oxygen atoms in total. The van der Waals surface area contributed by atoms with Gasteiger partial charge in [0.1, 0.15) is 0 Å². The quantitative estimate of drug-likeness (QED) is 0.212. The Morgan fingerprint density at radius 1 is 0.294 bits per heavy atom. The summed E-state index contributed by atoms with van der Waals surface area (Å²) in [5.41, 5.74) is 0. The van der Waals surface area contributed by atoms with Crippen LogP contribution in [0.25, 0.3) is 0 Å². The van der Waals surface area contributed by atoms with E-state index in [0.717, 1.165) is 0 Å². The second-order valence-corrected chi connectivity index (χ2v) is 3.66. The van der Waals surface area contributed by atoms with E-state index in [0.29, 0.717) is 0 Å². The molecule has 0 N–H and O–H groups in total. The molecule has 1 rings (SSSR count). The van der Waals surface area contributed by atoms with E-state index in [-0.39, 0.29) is 251 Å². The van der Waals surface area contributed by atoms with Crippen LogP contribution in [0.5, 0.6) is 0 Å². The molecule has 1 fully saturated rings. The molecule has 0 atom stereocenters. The first-order chi connectivity index (χ1) is 12.0. The molecule has 0 aromatic carbocycles. The zero-order chi connectivity index (χ0) is 20.5. The van der Waals surface area contributed by atoms with E-state index in [2.05, 4.69) is 19.3 Å². The van der Waals surface area contributed by atoms with E-state index in [9.17, 15) is 0 Å². The SMILES string of the molecule is CC.CC.CC.CC.CC.CC.[CH-]1CCC[CH-]CCC[CH-]CCC1.[CH3-].[CH3-].[CH3-].[Y+3].[Y].[Y].[Y].[Y].[Y].[Y]. The number of hydrogen-bond donors (Lipinski definition) is 0. The number of rotatable bonds is 0. The normalized spacial score (nSPS) is 9.53. The third-order valence-corrected chi connectivity index (χ3v) is 2.45. The molecule has 1 aliphatic rings. The maximum absolute atomic E-state index is 2.46. The van der Waals surface area contributed by atoms with Gasteiger partial charge >= 0.3 is 32.7 Å². The second kappa shape index (κ2) is 165. The van der Waals surface area contributed by atoms with Crippen LogP contribution in [0.3, 0.4) is 0 Å². The van der Waals surface area contributed by atoms with Gasteiger partial charge in [0.25, 0.3) is 0 Å². The molecular formula is C27H66Y7-3. The average Bonchev–Trinajstić information content (AvgIpc) is 2.72. The van der Waals surface area contributed by atoms with Gasteiger partial charge in [0.15, 0.2) is 0 Å². The maximum atomic E-state index is 2.46. The topological polar surface area (TPSA) is 0 Å². The van der Waals surface area contributed by atoms with Crippen molar-refractivity contribution < 1.29 is 229 Å². The molecule has 0 bridgehead atoms. The standard InChI is InChI=1S/C12H21.6C2H6.3CH3.7Y/c1-2-4-6-8-10-12-11-9-7-5-3-1;6*1-2;;;;;;;;;;/h1,8-9H,2-7,10-12H2;6*1-2H3;3*1H3;;;;;;;/q-3;;;;;;;3*-1;;;;;;;+3. The van der Waals surface area contributed by atoms with Crippen LogP contribution in [-0.4, -0.2) is 0 Å². The summed E-state index contributed by atoms with van der Waals surface area (Å²) in [6, 6.07) is 0. The Morgan fingerprint density at radius 2 is 0.382 bits per heavy atom. The van der Waals surface area contributed by atoms with E-state index >= 15 is 0 Å². The first kappa shape index (κ1) is 105. The number of hydrogen-bond acceptors (Lipinski definition) is 0. The molecule has 6 radical (unpaired) electrons. The van der Waals surface area contributed by atoms with Crippen LogP contribution in [-0.2, 0) is 229 Å². The van der Waals surface area contributed by atoms with Gasteiger partial charge in [0.2, 0.25) is 0 Å². The molecule has 0 spiro atoms. The Labute approximate surface area is 402 Å². The molecule has 0 aliphatic heterocycles. The van der Waals surface area contributed by atoms with Crippen molar-refractivity contribution >= 4 is 0 Å². The van der Waals surface area contributed by atoms with E-state index < -0.39 is 0 Å². The molecule has 1 aliphatic carbocycles. The second-order valence-electron chi connectivity index (χ2n) is 3.66. The third-order valence-electron chi connectivity index (χ3n) is 2.45. The summed E-state index contributed by atoms with van der Waals surface area (Å²) in [5.74, 6) is 0. The first-order valence-electron chi connectivity index (χ1n) is 11.4. The predicted octanol–water partition coefficient (Wildman–Crippen LogP) is 11.6. The van der Waals surface area contributed by atoms with Crippen LogP contribution in [0.15, 0.2) is 0 Å². The molecule has 0 amide bonds. The van der Waals surface area contributed by atoms with Crippen molar-refractivity contribution in [3.63, 3.8) is 0 Å². The molecule has 0 unspecified atom stereocenters. The molecular weight excluding hydrogens is 947 g/mol. The minimum absolute atomic E-state index is 0. The molecule has 0 aromatic heterocycles. The predicted molar refractivity (Wildman–Crippen MR) is 142 cm³/mol. The molecule has 0 saturated heterocycles. The Bertz CT molecular complexity index is 68.0.